The highest BCUT2D eigenvalue weighted by Crippen LogP contribution is 2.12. The van der Waals surface area contributed by atoms with E-state index in [0.29, 0.717) is 18.7 Å². The topological polar surface area (TPSA) is 53.5 Å². The normalized spacial score (nSPS) is 25.2. The van der Waals surface area contributed by atoms with Crippen LogP contribution in [0.15, 0.2) is 0 Å². The fourth-order valence-corrected chi connectivity index (χ4v) is 2.55. The third-order valence-electron chi connectivity index (χ3n) is 3.41. The number of ether oxygens (including phenoxy) is 1. The Morgan fingerprint density at radius 3 is 2.94 bits per heavy atom. The minimum Gasteiger partial charge on any atom is -0.395 e. The molecular formula is C13H28N2O2. The van der Waals surface area contributed by atoms with Crippen molar-refractivity contribution >= 4 is 0 Å². The van der Waals surface area contributed by atoms with Gasteiger partial charge in [-0.2, -0.15) is 0 Å². The summed E-state index contributed by atoms with van der Waals surface area (Å²) in [5.41, 5.74) is 0. The second-order valence-corrected chi connectivity index (χ2v) is 5.14. The number of nitrogens with one attached hydrogen (secondary N) is 2. The molecule has 0 amide bonds. The minimum atomic E-state index is 0.0563. The summed E-state index contributed by atoms with van der Waals surface area (Å²) in [6.45, 7) is 4.04. The maximum absolute atomic E-state index is 9.20. The molecule has 1 heterocycles. The van der Waals surface area contributed by atoms with Crippen LogP contribution >= 0.6 is 0 Å². The first-order valence-electron chi connectivity index (χ1n) is 6.85. The van der Waals surface area contributed by atoms with Crippen LogP contribution in [0.5, 0.6) is 0 Å². The number of hydrogen-bond acceptors (Lipinski definition) is 4. The summed E-state index contributed by atoms with van der Waals surface area (Å²) < 4.78 is 5.07. The molecule has 0 aromatic carbocycles. The van der Waals surface area contributed by atoms with Crippen LogP contribution < -0.4 is 10.6 Å². The van der Waals surface area contributed by atoms with Crippen molar-refractivity contribution in [3.8, 4) is 0 Å². The zero-order chi connectivity index (χ0) is 12.5. The molecule has 1 saturated heterocycles. The molecule has 0 aromatic heterocycles. The molecule has 0 spiro atoms. The van der Waals surface area contributed by atoms with E-state index in [0.717, 1.165) is 13.0 Å². The molecule has 102 valence electrons. The number of aliphatic hydroxyl groups is 1. The Kier molecular flexibility index (Phi) is 7.77. The molecule has 1 fully saturated rings. The molecule has 17 heavy (non-hydrogen) atoms. The highest BCUT2D eigenvalue weighted by molar-refractivity contribution is 4.78. The summed E-state index contributed by atoms with van der Waals surface area (Å²) in [4.78, 5) is 0. The highest BCUT2D eigenvalue weighted by atomic mass is 16.5. The van der Waals surface area contributed by atoms with Gasteiger partial charge in [0.05, 0.1) is 19.3 Å². The van der Waals surface area contributed by atoms with Crippen LogP contribution in [0.3, 0.4) is 0 Å². The van der Waals surface area contributed by atoms with Gasteiger partial charge >= 0.3 is 0 Å². The molecule has 3 atom stereocenters. The molecule has 3 unspecified atom stereocenters. The van der Waals surface area contributed by atoms with Gasteiger partial charge in [0.2, 0.25) is 0 Å². The van der Waals surface area contributed by atoms with E-state index in [9.17, 15) is 5.11 Å². The van der Waals surface area contributed by atoms with Crippen molar-refractivity contribution < 1.29 is 9.84 Å². The highest BCUT2D eigenvalue weighted by Gasteiger charge is 2.17. The van der Waals surface area contributed by atoms with E-state index in [2.05, 4.69) is 17.6 Å². The van der Waals surface area contributed by atoms with E-state index < -0.39 is 0 Å². The lowest BCUT2D eigenvalue weighted by Gasteiger charge is -2.25. The lowest BCUT2D eigenvalue weighted by molar-refractivity contribution is 0.121. The molecule has 1 aliphatic heterocycles. The van der Waals surface area contributed by atoms with E-state index in [1.807, 2.05) is 0 Å². The number of rotatable bonds is 7. The molecule has 4 nitrogen and oxygen atoms in total. The van der Waals surface area contributed by atoms with Crippen molar-refractivity contribution in [3.63, 3.8) is 0 Å². The summed E-state index contributed by atoms with van der Waals surface area (Å²) in [7, 11) is 1.67. The molecular weight excluding hydrogens is 216 g/mol. The van der Waals surface area contributed by atoms with Crippen LogP contribution in [0, 0.1) is 0 Å². The fraction of sp³-hybridized carbons (Fsp3) is 1.00. The Hall–Kier alpha value is -0.160. The smallest absolute Gasteiger partial charge is 0.0638 e. The Morgan fingerprint density at radius 2 is 2.24 bits per heavy atom. The van der Waals surface area contributed by atoms with Gasteiger partial charge in [0, 0.05) is 19.2 Å². The van der Waals surface area contributed by atoms with Crippen molar-refractivity contribution in [1.29, 1.82) is 0 Å². The molecule has 0 aromatic rings. The van der Waals surface area contributed by atoms with Crippen LogP contribution in [0.25, 0.3) is 0 Å². The first-order valence-corrected chi connectivity index (χ1v) is 6.85. The quantitative estimate of drug-likeness (QED) is 0.623. The number of aliphatic hydroxyl groups excluding tert-OH is 1. The van der Waals surface area contributed by atoms with Crippen LogP contribution in [0.4, 0.5) is 0 Å². The van der Waals surface area contributed by atoms with Crippen LogP contribution in [-0.2, 0) is 4.74 Å². The molecule has 0 radical (unpaired) electrons. The SMILES string of the molecule is COCC(CO)NC(C)CC1CCCCCN1. The largest absolute Gasteiger partial charge is 0.395 e. The van der Waals surface area contributed by atoms with Gasteiger partial charge < -0.3 is 20.5 Å². The van der Waals surface area contributed by atoms with Gasteiger partial charge in [0.15, 0.2) is 0 Å². The van der Waals surface area contributed by atoms with Gasteiger partial charge in [-0.3, -0.25) is 0 Å². The lowest BCUT2D eigenvalue weighted by Crippen LogP contribution is -2.45. The zero-order valence-corrected chi connectivity index (χ0v) is 11.2. The third-order valence-corrected chi connectivity index (χ3v) is 3.41. The van der Waals surface area contributed by atoms with Gasteiger partial charge in [-0.05, 0) is 32.7 Å². The Bertz CT molecular complexity index is 182. The Morgan fingerprint density at radius 1 is 1.41 bits per heavy atom. The summed E-state index contributed by atoms with van der Waals surface area (Å²) in [6.07, 6.45) is 6.40. The first kappa shape index (κ1) is 14.9. The first-order chi connectivity index (χ1) is 8.26. The molecule has 4 heteroatoms. The average Bonchev–Trinajstić information content (AvgIpc) is 2.57. The van der Waals surface area contributed by atoms with E-state index >= 15 is 0 Å². The average molecular weight is 244 g/mol. The van der Waals surface area contributed by atoms with Crippen LogP contribution in [-0.4, -0.2) is 50.1 Å². The predicted octanol–water partition coefficient (Wildman–Crippen LogP) is 0.894. The standard InChI is InChI=1S/C13H28N2O2/c1-11(15-13(9-16)10-17-2)8-12-6-4-3-5-7-14-12/h11-16H,3-10H2,1-2H3. The van der Waals surface area contributed by atoms with Crippen molar-refractivity contribution in [2.24, 2.45) is 0 Å². The number of methoxy groups -OCH3 is 1. The molecule has 0 aliphatic carbocycles. The molecule has 1 aliphatic rings. The molecule has 0 saturated carbocycles. The zero-order valence-electron chi connectivity index (χ0n) is 11.2. The second kappa shape index (κ2) is 8.86. The van der Waals surface area contributed by atoms with E-state index in [-0.39, 0.29) is 12.6 Å². The van der Waals surface area contributed by atoms with Crippen LogP contribution in [0.1, 0.15) is 39.0 Å². The minimum absolute atomic E-state index is 0.0563. The Balaban J connectivity index is 2.23. The summed E-state index contributed by atoms with van der Waals surface area (Å²) >= 11 is 0. The maximum atomic E-state index is 9.20. The predicted molar refractivity (Wildman–Crippen MR) is 70.2 cm³/mol. The van der Waals surface area contributed by atoms with Crippen molar-refractivity contribution in [3.05, 3.63) is 0 Å². The van der Waals surface area contributed by atoms with Gasteiger partial charge in [0.1, 0.15) is 0 Å². The molecule has 1 rings (SSSR count). The van der Waals surface area contributed by atoms with Gasteiger partial charge in [-0.1, -0.05) is 12.8 Å². The fourth-order valence-electron chi connectivity index (χ4n) is 2.55. The monoisotopic (exact) mass is 244 g/mol. The van der Waals surface area contributed by atoms with Crippen molar-refractivity contribution in [1.82, 2.24) is 10.6 Å². The van der Waals surface area contributed by atoms with Crippen LogP contribution in [0.2, 0.25) is 0 Å². The van der Waals surface area contributed by atoms with Crippen molar-refractivity contribution in [2.75, 3.05) is 26.9 Å². The summed E-state index contributed by atoms with van der Waals surface area (Å²) in [5, 5.41) is 16.2. The maximum Gasteiger partial charge on any atom is 0.0638 e. The lowest BCUT2D eigenvalue weighted by atomic mass is 10.0. The molecule has 3 N–H and O–H groups in total. The van der Waals surface area contributed by atoms with E-state index in [1.54, 1.807) is 7.11 Å². The third kappa shape index (κ3) is 6.36. The number of hydrogen-bond donors (Lipinski definition) is 3. The summed E-state index contributed by atoms with van der Waals surface area (Å²) in [6, 6.07) is 1.10. The van der Waals surface area contributed by atoms with Gasteiger partial charge in [-0.15, -0.1) is 0 Å². The van der Waals surface area contributed by atoms with E-state index in [4.69, 9.17) is 4.74 Å². The van der Waals surface area contributed by atoms with E-state index in [1.165, 1.54) is 25.7 Å². The van der Waals surface area contributed by atoms with Crippen molar-refractivity contribution in [2.45, 2.75) is 57.2 Å². The Labute approximate surface area is 105 Å². The van der Waals surface area contributed by atoms with Gasteiger partial charge in [0.25, 0.3) is 0 Å². The summed E-state index contributed by atoms with van der Waals surface area (Å²) in [5.74, 6) is 0. The van der Waals surface area contributed by atoms with Gasteiger partial charge in [-0.25, -0.2) is 0 Å². The molecule has 0 bridgehead atoms. The second-order valence-electron chi connectivity index (χ2n) is 5.14.